The maximum Gasteiger partial charge on any atom is 0.191 e. The molecule has 1 aromatic carbocycles. The minimum Gasteiger partial charge on any atom is -0.354 e. The third-order valence-corrected chi connectivity index (χ3v) is 6.78. The second-order valence-corrected chi connectivity index (χ2v) is 9.84. The molecule has 6 heteroatoms. The SMILES string of the molecule is CC(C)NC(=NCC1CCS(=O)(=O)C1)NC1CCc2ccccc2C1. The van der Waals surface area contributed by atoms with Crippen molar-refractivity contribution in [3.05, 3.63) is 35.4 Å². The van der Waals surface area contributed by atoms with Crippen LogP contribution >= 0.6 is 0 Å². The minimum atomic E-state index is -2.84. The van der Waals surface area contributed by atoms with E-state index in [1.807, 2.05) is 0 Å². The van der Waals surface area contributed by atoms with E-state index in [2.05, 4.69) is 48.7 Å². The summed E-state index contributed by atoms with van der Waals surface area (Å²) >= 11 is 0. The van der Waals surface area contributed by atoms with Gasteiger partial charge in [0, 0.05) is 18.6 Å². The van der Waals surface area contributed by atoms with Crippen LogP contribution in [0.15, 0.2) is 29.3 Å². The number of aryl methyl sites for hydroxylation is 1. The Morgan fingerprint density at radius 2 is 2.00 bits per heavy atom. The van der Waals surface area contributed by atoms with E-state index >= 15 is 0 Å². The number of fused-ring (bicyclic) bond motifs is 1. The van der Waals surface area contributed by atoms with Crippen molar-refractivity contribution in [1.82, 2.24) is 10.6 Å². The molecule has 2 atom stereocenters. The number of aliphatic imine (C=N–C) groups is 1. The van der Waals surface area contributed by atoms with Crippen LogP contribution < -0.4 is 10.6 Å². The third-order valence-electron chi connectivity index (χ3n) is 4.95. The molecule has 2 unspecified atom stereocenters. The minimum absolute atomic E-state index is 0.155. The predicted octanol–water partition coefficient (Wildman–Crippen LogP) is 1.92. The maximum absolute atomic E-state index is 11.6. The highest BCUT2D eigenvalue weighted by Gasteiger charge is 2.27. The van der Waals surface area contributed by atoms with Crippen molar-refractivity contribution >= 4 is 15.8 Å². The largest absolute Gasteiger partial charge is 0.354 e. The lowest BCUT2D eigenvalue weighted by molar-refractivity contribution is 0.512. The van der Waals surface area contributed by atoms with Gasteiger partial charge in [0.15, 0.2) is 15.8 Å². The summed E-state index contributed by atoms with van der Waals surface area (Å²) in [5, 5.41) is 6.95. The molecule has 0 amide bonds. The van der Waals surface area contributed by atoms with Gasteiger partial charge in [0.2, 0.25) is 0 Å². The lowest BCUT2D eigenvalue weighted by Crippen LogP contribution is -2.48. The molecule has 0 saturated carbocycles. The van der Waals surface area contributed by atoms with Gasteiger partial charge in [-0.2, -0.15) is 0 Å². The lowest BCUT2D eigenvalue weighted by Gasteiger charge is -2.28. The quantitative estimate of drug-likeness (QED) is 0.633. The Morgan fingerprint density at radius 3 is 2.68 bits per heavy atom. The van der Waals surface area contributed by atoms with E-state index in [4.69, 9.17) is 4.99 Å². The summed E-state index contributed by atoms with van der Waals surface area (Å²) in [7, 11) is -2.84. The monoisotopic (exact) mass is 363 g/mol. The van der Waals surface area contributed by atoms with Crippen LogP contribution in [0.5, 0.6) is 0 Å². The van der Waals surface area contributed by atoms with Crippen LogP contribution in [0.3, 0.4) is 0 Å². The molecule has 1 aliphatic heterocycles. The van der Waals surface area contributed by atoms with Gasteiger partial charge in [-0.25, -0.2) is 8.42 Å². The summed E-state index contributed by atoms with van der Waals surface area (Å²) in [6, 6.07) is 9.28. The Morgan fingerprint density at radius 1 is 1.24 bits per heavy atom. The smallest absolute Gasteiger partial charge is 0.191 e. The van der Waals surface area contributed by atoms with Crippen LogP contribution in [-0.2, 0) is 22.7 Å². The van der Waals surface area contributed by atoms with E-state index in [0.29, 0.717) is 18.3 Å². The number of rotatable bonds is 4. The van der Waals surface area contributed by atoms with Gasteiger partial charge in [-0.15, -0.1) is 0 Å². The summed E-state index contributed by atoms with van der Waals surface area (Å²) in [6.45, 7) is 4.76. The molecule has 5 nitrogen and oxygen atoms in total. The number of hydrogen-bond donors (Lipinski definition) is 2. The standard InChI is InChI=1S/C19H29N3O2S/c1-14(2)21-19(20-12-15-9-10-25(23,24)13-15)22-18-8-7-16-5-3-4-6-17(16)11-18/h3-6,14-15,18H,7-13H2,1-2H3,(H2,20,21,22). The van der Waals surface area contributed by atoms with Crippen LogP contribution in [0.4, 0.5) is 0 Å². The Balaban J connectivity index is 1.62. The first kappa shape index (κ1) is 18.2. The molecule has 0 radical (unpaired) electrons. The van der Waals surface area contributed by atoms with E-state index in [1.165, 1.54) is 11.1 Å². The Kier molecular flexibility index (Phi) is 5.67. The van der Waals surface area contributed by atoms with E-state index in [1.54, 1.807) is 0 Å². The van der Waals surface area contributed by atoms with E-state index < -0.39 is 9.84 Å². The molecule has 2 aliphatic rings. The van der Waals surface area contributed by atoms with Gasteiger partial charge in [-0.05, 0) is 56.6 Å². The van der Waals surface area contributed by atoms with Gasteiger partial charge in [0.25, 0.3) is 0 Å². The average molecular weight is 364 g/mol. The van der Waals surface area contributed by atoms with Crippen molar-refractivity contribution in [3.8, 4) is 0 Å². The number of guanidine groups is 1. The zero-order valence-corrected chi connectivity index (χ0v) is 16.0. The summed E-state index contributed by atoms with van der Waals surface area (Å²) in [6.07, 6.45) is 3.92. The van der Waals surface area contributed by atoms with Gasteiger partial charge in [-0.3, -0.25) is 4.99 Å². The highest BCUT2D eigenvalue weighted by molar-refractivity contribution is 7.91. The normalized spacial score (nSPS) is 25.6. The van der Waals surface area contributed by atoms with Crippen molar-refractivity contribution in [1.29, 1.82) is 0 Å². The van der Waals surface area contributed by atoms with Crippen molar-refractivity contribution in [3.63, 3.8) is 0 Å². The zero-order valence-electron chi connectivity index (χ0n) is 15.2. The predicted molar refractivity (Wildman–Crippen MR) is 103 cm³/mol. The number of nitrogens with one attached hydrogen (secondary N) is 2. The molecule has 1 fully saturated rings. The highest BCUT2D eigenvalue weighted by atomic mass is 32.2. The van der Waals surface area contributed by atoms with Gasteiger partial charge in [-0.1, -0.05) is 24.3 Å². The number of sulfone groups is 1. The fourth-order valence-electron chi connectivity index (χ4n) is 3.66. The number of benzene rings is 1. The van der Waals surface area contributed by atoms with Crippen LogP contribution in [0, 0.1) is 5.92 Å². The Hall–Kier alpha value is -1.56. The van der Waals surface area contributed by atoms with Gasteiger partial charge >= 0.3 is 0 Å². The lowest BCUT2D eigenvalue weighted by atomic mass is 9.88. The molecule has 2 N–H and O–H groups in total. The maximum atomic E-state index is 11.6. The van der Waals surface area contributed by atoms with E-state index in [-0.39, 0.29) is 17.7 Å². The molecule has 1 saturated heterocycles. The zero-order chi connectivity index (χ0) is 17.9. The fourth-order valence-corrected chi connectivity index (χ4v) is 5.51. The second kappa shape index (κ2) is 7.77. The van der Waals surface area contributed by atoms with Crippen LogP contribution in [0.1, 0.15) is 37.8 Å². The third kappa shape index (κ3) is 5.21. The molecule has 138 valence electrons. The topological polar surface area (TPSA) is 70.6 Å². The molecule has 1 aliphatic carbocycles. The van der Waals surface area contributed by atoms with E-state index in [9.17, 15) is 8.42 Å². The molecule has 1 heterocycles. The van der Waals surface area contributed by atoms with Crippen molar-refractivity contribution in [2.24, 2.45) is 10.9 Å². The summed E-state index contributed by atoms with van der Waals surface area (Å²) in [4.78, 5) is 4.69. The van der Waals surface area contributed by atoms with E-state index in [0.717, 1.165) is 31.6 Å². The first-order chi connectivity index (χ1) is 11.9. The van der Waals surface area contributed by atoms with Gasteiger partial charge in [0.05, 0.1) is 11.5 Å². The Bertz CT molecular complexity index is 728. The van der Waals surface area contributed by atoms with Crippen LogP contribution in [0.2, 0.25) is 0 Å². The van der Waals surface area contributed by atoms with Crippen LogP contribution in [-0.4, -0.2) is 44.5 Å². The molecule has 0 bridgehead atoms. The van der Waals surface area contributed by atoms with Gasteiger partial charge < -0.3 is 10.6 Å². The highest BCUT2D eigenvalue weighted by Crippen LogP contribution is 2.21. The van der Waals surface area contributed by atoms with Gasteiger partial charge in [0.1, 0.15) is 0 Å². The first-order valence-electron chi connectivity index (χ1n) is 9.26. The molecule has 1 aromatic rings. The summed E-state index contributed by atoms with van der Waals surface area (Å²) in [5.41, 5.74) is 2.86. The van der Waals surface area contributed by atoms with Crippen LogP contribution in [0.25, 0.3) is 0 Å². The first-order valence-corrected chi connectivity index (χ1v) is 11.1. The Labute approximate surface area is 151 Å². The number of hydrogen-bond acceptors (Lipinski definition) is 3. The molecule has 3 rings (SSSR count). The molecule has 25 heavy (non-hydrogen) atoms. The molecular formula is C19H29N3O2S. The number of nitrogens with zero attached hydrogens (tertiary/aromatic N) is 1. The second-order valence-electron chi connectivity index (χ2n) is 7.61. The van der Waals surface area contributed by atoms with Crippen molar-refractivity contribution < 1.29 is 8.42 Å². The molecular weight excluding hydrogens is 334 g/mol. The molecule has 0 aromatic heterocycles. The molecule has 0 spiro atoms. The summed E-state index contributed by atoms with van der Waals surface area (Å²) in [5.74, 6) is 1.56. The summed E-state index contributed by atoms with van der Waals surface area (Å²) < 4.78 is 23.2. The van der Waals surface area contributed by atoms with Crippen molar-refractivity contribution in [2.75, 3.05) is 18.1 Å². The van der Waals surface area contributed by atoms with Crippen molar-refractivity contribution in [2.45, 2.75) is 51.6 Å². The fraction of sp³-hybridized carbons (Fsp3) is 0.632. The average Bonchev–Trinajstić information content (AvgIpc) is 2.91.